The van der Waals surface area contributed by atoms with E-state index >= 15 is 0 Å². The number of benzene rings is 1. The van der Waals surface area contributed by atoms with Gasteiger partial charge in [0.2, 0.25) is 0 Å². The van der Waals surface area contributed by atoms with Gasteiger partial charge >= 0.3 is 5.91 Å². The second-order valence-electron chi connectivity index (χ2n) is 5.05. The third-order valence-electron chi connectivity index (χ3n) is 3.05. The summed E-state index contributed by atoms with van der Waals surface area (Å²) in [4.78, 5) is 12.0. The molecule has 0 fully saturated rings. The van der Waals surface area contributed by atoms with Crippen LogP contribution in [0.15, 0.2) is 40.8 Å². The summed E-state index contributed by atoms with van der Waals surface area (Å²) in [6.07, 6.45) is 0. The van der Waals surface area contributed by atoms with Gasteiger partial charge in [-0.15, -0.1) is 0 Å². The van der Waals surface area contributed by atoms with Gasteiger partial charge in [0.25, 0.3) is 0 Å². The average molecular weight is 351 g/mol. The third kappa shape index (κ3) is 4.77. The van der Waals surface area contributed by atoms with Crippen LogP contribution in [0.4, 0.5) is 4.39 Å². The predicted octanol–water partition coefficient (Wildman–Crippen LogP) is 2.23. The molecule has 1 atom stereocenters. The molecule has 1 aromatic carbocycles. The molecule has 0 radical (unpaired) electrons. The van der Waals surface area contributed by atoms with Crippen LogP contribution >= 0.6 is 12.2 Å². The van der Waals surface area contributed by atoms with E-state index < -0.39 is 11.7 Å². The number of ether oxygens (including phenoxy) is 1. The number of hydrazine groups is 1. The van der Waals surface area contributed by atoms with E-state index in [1.807, 2.05) is 6.92 Å². The van der Waals surface area contributed by atoms with Crippen LogP contribution in [0.1, 0.15) is 17.5 Å². The minimum atomic E-state index is -0.527. The van der Waals surface area contributed by atoms with Gasteiger partial charge in [0, 0.05) is 13.2 Å². The third-order valence-corrected chi connectivity index (χ3v) is 3.27. The Balaban J connectivity index is 1.92. The largest absolute Gasteiger partial charge is 0.451 e. The number of halogens is 1. The van der Waals surface area contributed by atoms with Crippen molar-refractivity contribution in [1.29, 1.82) is 0 Å². The SMILES string of the molecule is COC[C@@H](C)NC(=S)NNC(=O)c1ccc(-c2ccccc2F)o1. The Bertz CT molecular complexity index is 720. The van der Waals surface area contributed by atoms with Gasteiger partial charge in [-0.05, 0) is 43.4 Å². The van der Waals surface area contributed by atoms with E-state index in [1.165, 1.54) is 18.2 Å². The molecular formula is C16H18FN3O3S. The summed E-state index contributed by atoms with van der Waals surface area (Å²) in [5.74, 6) is -0.642. The monoisotopic (exact) mass is 351 g/mol. The van der Waals surface area contributed by atoms with E-state index in [4.69, 9.17) is 21.4 Å². The molecule has 1 amide bonds. The van der Waals surface area contributed by atoms with Crippen molar-refractivity contribution in [2.45, 2.75) is 13.0 Å². The van der Waals surface area contributed by atoms with Gasteiger partial charge in [0.05, 0.1) is 12.2 Å². The summed E-state index contributed by atoms with van der Waals surface area (Å²) in [5, 5.41) is 3.17. The first-order valence-corrected chi connectivity index (χ1v) is 7.62. The van der Waals surface area contributed by atoms with Gasteiger partial charge in [0.1, 0.15) is 11.6 Å². The first kappa shape index (κ1) is 17.9. The van der Waals surface area contributed by atoms with E-state index in [1.54, 1.807) is 25.3 Å². The highest BCUT2D eigenvalue weighted by Crippen LogP contribution is 2.24. The van der Waals surface area contributed by atoms with Crippen LogP contribution in [0.2, 0.25) is 0 Å². The highest BCUT2D eigenvalue weighted by Gasteiger charge is 2.14. The number of hydrogen-bond donors (Lipinski definition) is 3. The van der Waals surface area contributed by atoms with Gasteiger partial charge in [0.15, 0.2) is 10.9 Å². The summed E-state index contributed by atoms with van der Waals surface area (Å²) in [6.45, 7) is 2.35. The van der Waals surface area contributed by atoms with Crippen LogP contribution in [0, 0.1) is 5.82 Å². The van der Waals surface area contributed by atoms with Crippen molar-refractivity contribution in [3.05, 3.63) is 48.0 Å². The van der Waals surface area contributed by atoms with Crippen molar-refractivity contribution in [1.82, 2.24) is 16.2 Å². The molecule has 0 bridgehead atoms. The summed E-state index contributed by atoms with van der Waals surface area (Å²) >= 11 is 5.04. The summed E-state index contributed by atoms with van der Waals surface area (Å²) in [6, 6.07) is 9.15. The topological polar surface area (TPSA) is 75.5 Å². The standard InChI is InChI=1S/C16H18FN3O3S/c1-10(9-22-2)18-16(24)20-19-15(21)14-8-7-13(23-14)11-5-3-4-6-12(11)17/h3-8,10H,9H2,1-2H3,(H,19,21)(H2,18,20,24)/t10-/m1/s1. The second kappa shape index (κ2) is 8.42. The Morgan fingerprint density at radius 3 is 2.75 bits per heavy atom. The number of amides is 1. The van der Waals surface area contributed by atoms with Crippen LogP contribution in [-0.4, -0.2) is 30.8 Å². The number of carbonyl (C=O) groups excluding carboxylic acids is 1. The molecule has 24 heavy (non-hydrogen) atoms. The molecule has 1 aromatic heterocycles. The lowest BCUT2D eigenvalue weighted by Gasteiger charge is -2.16. The quantitative estimate of drug-likeness (QED) is 0.567. The Labute approximate surface area is 144 Å². The minimum absolute atomic E-state index is 0.0110. The van der Waals surface area contributed by atoms with Crippen LogP contribution in [0.5, 0.6) is 0 Å². The van der Waals surface area contributed by atoms with Crippen molar-refractivity contribution in [3.8, 4) is 11.3 Å². The van der Waals surface area contributed by atoms with E-state index in [0.717, 1.165) is 0 Å². The summed E-state index contributed by atoms with van der Waals surface area (Å²) in [7, 11) is 1.58. The van der Waals surface area contributed by atoms with Gasteiger partial charge in [-0.3, -0.25) is 15.6 Å². The van der Waals surface area contributed by atoms with Crippen molar-refractivity contribution in [2.24, 2.45) is 0 Å². The highest BCUT2D eigenvalue weighted by molar-refractivity contribution is 7.80. The van der Waals surface area contributed by atoms with Gasteiger partial charge in [-0.1, -0.05) is 12.1 Å². The predicted molar refractivity (Wildman–Crippen MR) is 91.8 cm³/mol. The number of methoxy groups -OCH3 is 1. The lowest BCUT2D eigenvalue weighted by atomic mass is 10.1. The van der Waals surface area contributed by atoms with Gasteiger partial charge < -0.3 is 14.5 Å². The number of nitrogens with one attached hydrogen (secondary N) is 3. The highest BCUT2D eigenvalue weighted by atomic mass is 32.1. The Hall–Kier alpha value is -2.45. The average Bonchev–Trinajstić information content (AvgIpc) is 3.03. The zero-order chi connectivity index (χ0) is 17.5. The number of thiocarbonyl (C=S) groups is 1. The maximum Gasteiger partial charge on any atom is 0.305 e. The fraction of sp³-hybridized carbons (Fsp3) is 0.250. The molecule has 8 heteroatoms. The van der Waals surface area contributed by atoms with Crippen LogP contribution < -0.4 is 16.2 Å². The molecule has 6 nitrogen and oxygen atoms in total. The number of carbonyl (C=O) groups is 1. The smallest absolute Gasteiger partial charge is 0.305 e. The second-order valence-corrected chi connectivity index (χ2v) is 5.46. The lowest BCUT2D eigenvalue weighted by Crippen LogP contribution is -2.49. The van der Waals surface area contributed by atoms with Crippen LogP contribution in [0.25, 0.3) is 11.3 Å². The first-order chi connectivity index (χ1) is 11.5. The number of rotatable bonds is 5. The van der Waals surface area contributed by atoms with E-state index in [0.29, 0.717) is 6.61 Å². The van der Waals surface area contributed by atoms with Crippen molar-refractivity contribution in [2.75, 3.05) is 13.7 Å². The maximum absolute atomic E-state index is 13.7. The molecule has 0 aliphatic carbocycles. The molecule has 2 rings (SSSR count). The van der Waals surface area contributed by atoms with Gasteiger partial charge in [-0.25, -0.2) is 4.39 Å². The van der Waals surface area contributed by atoms with E-state index in [9.17, 15) is 9.18 Å². The van der Waals surface area contributed by atoms with E-state index in [2.05, 4.69) is 16.2 Å². The normalized spacial score (nSPS) is 11.6. The van der Waals surface area contributed by atoms with Gasteiger partial charge in [-0.2, -0.15) is 0 Å². The molecule has 0 unspecified atom stereocenters. The van der Waals surface area contributed by atoms with Crippen molar-refractivity contribution >= 4 is 23.2 Å². The fourth-order valence-corrected chi connectivity index (χ4v) is 2.24. The maximum atomic E-state index is 13.7. The fourth-order valence-electron chi connectivity index (χ4n) is 1.99. The molecule has 0 saturated heterocycles. The molecule has 128 valence electrons. The molecule has 1 heterocycles. The molecule has 3 N–H and O–H groups in total. The molecule has 0 saturated carbocycles. The number of furan rings is 1. The molecule has 0 aliphatic rings. The first-order valence-electron chi connectivity index (χ1n) is 7.21. The Morgan fingerprint density at radius 1 is 1.29 bits per heavy atom. The van der Waals surface area contributed by atoms with Crippen LogP contribution in [-0.2, 0) is 4.74 Å². The zero-order valence-electron chi connectivity index (χ0n) is 13.3. The lowest BCUT2D eigenvalue weighted by molar-refractivity contribution is 0.0916. The Kier molecular flexibility index (Phi) is 6.28. The Morgan fingerprint density at radius 2 is 2.04 bits per heavy atom. The number of hydrogen-bond acceptors (Lipinski definition) is 4. The molecule has 0 aliphatic heterocycles. The van der Waals surface area contributed by atoms with Crippen molar-refractivity contribution in [3.63, 3.8) is 0 Å². The summed E-state index contributed by atoms with van der Waals surface area (Å²) in [5.41, 5.74) is 5.25. The minimum Gasteiger partial charge on any atom is -0.451 e. The van der Waals surface area contributed by atoms with Crippen LogP contribution in [0.3, 0.4) is 0 Å². The molecule has 0 spiro atoms. The molecular weight excluding hydrogens is 333 g/mol. The summed E-state index contributed by atoms with van der Waals surface area (Å²) < 4.78 is 24.1. The molecule has 2 aromatic rings. The van der Waals surface area contributed by atoms with E-state index in [-0.39, 0.29) is 28.2 Å². The zero-order valence-corrected chi connectivity index (χ0v) is 14.1. The van der Waals surface area contributed by atoms with Crippen molar-refractivity contribution < 1.29 is 18.3 Å².